The highest BCUT2D eigenvalue weighted by atomic mass is 35.5. The minimum Gasteiger partial charge on any atom is -0.508 e. The van der Waals surface area contributed by atoms with Crippen molar-refractivity contribution in [1.82, 2.24) is 0 Å². The number of alkyl halides is 4. The quantitative estimate of drug-likeness (QED) is 0.707. The first-order valence-corrected chi connectivity index (χ1v) is 6.86. The third-order valence-electron chi connectivity index (χ3n) is 2.55. The lowest BCUT2D eigenvalue weighted by Crippen LogP contribution is -2.18. The molecule has 2 aliphatic carbocycles. The van der Waals surface area contributed by atoms with Crippen LogP contribution in [0.4, 0.5) is 0 Å². The second kappa shape index (κ2) is 5.13. The molecule has 2 rings (SSSR count). The predicted molar refractivity (Wildman–Crippen MR) is 76.8 cm³/mol. The Morgan fingerprint density at radius 2 is 1.21 bits per heavy atom. The minimum absolute atomic E-state index is 0.0225. The maximum absolute atomic E-state index is 9.78. The summed E-state index contributed by atoms with van der Waals surface area (Å²) in [6.07, 6.45) is 5.90. The van der Waals surface area contributed by atoms with Crippen molar-refractivity contribution in [3.8, 4) is 0 Å². The van der Waals surface area contributed by atoms with Gasteiger partial charge in [-0.25, -0.2) is 0 Å². The van der Waals surface area contributed by atoms with Crippen LogP contribution in [0.1, 0.15) is 12.8 Å². The van der Waals surface area contributed by atoms with Crippen molar-refractivity contribution in [1.29, 1.82) is 0 Å². The molecule has 104 valence electrons. The number of hydrogen-bond donors (Lipinski definition) is 2. The van der Waals surface area contributed by atoms with E-state index in [1.807, 2.05) is 0 Å². The van der Waals surface area contributed by atoms with E-state index in [0.29, 0.717) is 0 Å². The van der Waals surface area contributed by atoms with Crippen molar-refractivity contribution < 1.29 is 14.9 Å². The summed E-state index contributed by atoms with van der Waals surface area (Å²) in [5.74, 6) is 0.129. The molecule has 0 unspecified atom stereocenters. The average molecular weight is 344 g/mol. The van der Waals surface area contributed by atoms with E-state index in [4.69, 9.17) is 51.1 Å². The summed E-state index contributed by atoms with van der Waals surface area (Å²) in [5, 5.41) is 19.6. The molecule has 0 amide bonds. The van der Waals surface area contributed by atoms with Gasteiger partial charge in [0.25, 0.3) is 0 Å². The van der Waals surface area contributed by atoms with Crippen LogP contribution in [0.3, 0.4) is 0 Å². The van der Waals surface area contributed by atoms with Gasteiger partial charge in [-0.2, -0.15) is 0 Å². The van der Waals surface area contributed by atoms with E-state index in [-0.39, 0.29) is 35.9 Å². The first kappa shape index (κ1) is 14.9. The van der Waals surface area contributed by atoms with Crippen molar-refractivity contribution in [2.45, 2.75) is 21.5 Å². The first-order valence-electron chi connectivity index (χ1n) is 5.35. The molecule has 0 bridgehead atoms. The molecule has 0 saturated heterocycles. The molecule has 0 atom stereocenters. The van der Waals surface area contributed by atoms with Crippen LogP contribution in [-0.4, -0.2) is 18.9 Å². The minimum atomic E-state index is -1.16. The van der Waals surface area contributed by atoms with Crippen LogP contribution in [0.15, 0.2) is 47.3 Å². The molecule has 7 heteroatoms. The van der Waals surface area contributed by atoms with Gasteiger partial charge in [-0.05, 0) is 24.3 Å². The lowest BCUT2D eigenvalue weighted by molar-refractivity contribution is 0.246. The van der Waals surface area contributed by atoms with Crippen LogP contribution < -0.4 is 0 Å². The van der Waals surface area contributed by atoms with Crippen LogP contribution in [0, 0.1) is 0 Å². The van der Waals surface area contributed by atoms with Gasteiger partial charge in [0.1, 0.15) is 20.2 Å². The van der Waals surface area contributed by atoms with E-state index in [9.17, 15) is 10.2 Å². The van der Waals surface area contributed by atoms with E-state index in [1.54, 1.807) is 0 Å². The molecule has 0 aromatic rings. The normalized spacial score (nSPS) is 24.8. The zero-order valence-corrected chi connectivity index (χ0v) is 12.6. The Morgan fingerprint density at radius 1 is 0.842 bits per heavy atom. The van der Waals surface area contributed by atoms with Crippen LogP contribution in [-0.2, 0) is 4.74 Å². The van der Waals surface area contributed by atoms with Gasteiger partial charge in [0.15, 0.2) is 11.5 Å². The molecule has 2 N–H and O–H groups in total. The van der Waals surface area contributed by atoms with E-state index in [0.717, 1.165) is 0 Å². The second-order valence-electron chi connectivity index (χ2n) is 4.27. The smallest absolute Gasteiger partial charge is 0.164 e. The number of ether oxygens (including phenoxy) is 1. The Bertz CT molecular complexity index is 469. The summed E-state index contributed by atoms with van der Waals surface area (Å²) in [4.78, 5) is 0. The number of aliphatic hydroxyl groups is 2. The number of allylic oxidation sites excluding steroid dienone is 6. The van der Waals surface area contributed by atoms with Crippen LogP contribution in [0.5, 0.6) is 0 Å². The predicted octanol–water partition coefficient (Wildman–Crippen LogP) is 4.81. The number of aliphatic hydroxyl groups excluding tert-OH is 2. The maximum atomic E-state index is 9.78. The molecule has 19 heavy (non-hydrogen) atoms. The molecule has 0 fully saturated rings. The number of hydrogen-bond acceptors (Lipinski definition) is 3. The topological polar surface area (TPSA) is 49.7 Å². The van der Waals surface area contributed by atoms with Gasteiger partial charge in [0.05, 0.1) is 0 Å². The van der Waals surface area contributed by atoms with Crippen molar-refractivity contribution in [2.24, 2.45) is 0 Å². The highest BCUT2D eigenvalue weighted by Crippen LogP contribution is 2.38. The second-order valence-corrected chi connectivity index (χ2v) is 7.35. The van der Waals surface area contributed by atoms with Crippen molar-refractivity contribution in [3.63, 3.8) is 0 Å². The molecule has 0 heterocycles. The lowest BCUT2D eigenvalue weighted by atomic mass is 10.1. The van der Waals surface area contributed by atoms with Crippen molar-refractivity contribution in [2.75, 3.05) is 0 Å². The molecule has 0 radical (unpaired) electrons. The first-order chi connectivity index (χ1) is 8.69. The Morgan fingerprint density at radius 3 is 1.53 bits per heavy atom. The molecular weight excluding hydrogens is 334 g/mol. The van der Waals surface area contributed by atoms with Crippen LogP contribution in [0.25, 0.3) is 0 Å². The molecule has 0 spiro atoms. The van der Waals surface area contributed by atoms with Crippen LogP contribution in [0.2, 0.25) is 0 Å². The monoisotopic (exact) mass is 342 g/mol. The third kappa shape index (κ3) is 3.76. The van der Waals surface area contributed by atoms with Gasteiger partial charge < -0.3 is 14.9 Å². The fourth-order valence-electron chi connectivity index (χ4n) is 1.63. The van der Waals surface area contributed by atoms with Gasteiger partial charge in [-0.3, -0.25) is 0 Å². The number of rotatable bonds is 2. The summed E-state index contributed by atoms with van der Waals surface area (Å²) < 4.78 is 3.08. The van der Waals surface area contributed by atoms with Gasteiger partial charge in [0.2, 0.25) is 0 Å². The largest absolute Gasteiger partial charge is 0.508 e. The SMILES string of the molecule is OC1=C(OC2=C(O)CC(Cl)(Cl)C=C2)C=CC(Cl)(Cl)C1. The Labute approximate surface area is 130 Å². The Kier molecular flexibility index (Phi) is 4.03. The van der Waals surface area contributed by atoms with Crippen molar-refractivity contribution >= 4 is 46.4 Å². The summed E-state index contributed by atoms with van der Waals surface area (Å²) in [5.41, 5.74) is 0. The van der Waals surface area contributed by atoms with E-state index in [1.165, 1.54) is 24.3 Å². The molecule has 0 aromatic heterocycles. The fraction of sp³-hybridized carbons (Fsp3) is 0.333. The molecule has 2 aliphatic rings. The molecule has 3 nitrogen and oxygen atoms in total. The van der Waals surface area contributed by atoms with E-state index < -0.39 is 8.67 Å². The average Bonchev–Trinajstić information content (AvgIpc) is 2.23. The summed E-state index contributed by atoms with van der Waals surface area (Å²) in [6.45, 7) is 0. The highest BCUT2D eigenvalue weighted by molar-refractivity contribution is 6.50. The summed E-state index contributed by atoms with van der Waals surface area (Å²) >= 11 is 23.4. The molecule has 0 aliphatic heterocycles. The van der Waals surface area contributed by atoms with Crippen LogP contribution >= 0.6 is 46.4 Å². The molecular formula is C12H10Cl4O3. The van der Waals surface area contributed by atoms with Gasteiger partial charge in [-0.1, -0.05) is 46.4 Å². The standard InChI is InChI=1S/C12H10Cl4O3/c13-11(14)3-1-9(7(17)5-11)19-10-2-4-12(15,16)6-8(10)18/h1-4,17-18H,5-6H2. The maximum Gasteiger partial charge on any atom is 0.164 e. The Hall–Kier alpha value is -0.480. The third-order valence-corrected chi connectivity index (χ3v) is 3.59. The molecule has 0 saturated carbocycles. The molecule has 0 aromatic carbocycles. The fourth-order valence-corrected chi connectivity index (χ4v) is 2.39. The van der Waals surface area contributed by atoms with Gasteiger partial charge >= 0.3 is 0 Å². The summed E-state index contributed by atoms with van der Waals surface area (Å²) in [7, 11) is 0. The Balaban J connectivity index is 2.16. The van der Waals surface area contributed by atoms with E-state index >= 15 is 0 Å². The van der Waals surface area contributed by atoms with Gasteiger partial charge in [-0.15, -0.1) is 0 Å². The van der Waals surface area contributed by atoms with Gasteiger partial charge in [0, 0.05) is 12.8 Å². The number of halogens is 4. The van der Waals surface area contributed by atoms with Crippen molar-refractivity contribution in [3.05, 3.63) is 47.3 Å². The zero-order valence-electron chi connectivity index (χ0n) is 9.54. The highest BCUT2D eigenvalue weighted by Gasteiger charge is 2.31. The summed E-state index contributed by atoms with van der Waals surface area (Å²) in [6, 6.07) is 0. The lowest BCUT2D eigenvalue weighted by Gasteiger charge is -2.24. The van der Waals surface area contributed by atoms with E-state index in [2.05, 4.69) is 0 Å². The zero-order chi connectivity index (χ0) is 14.3.